The average molecular weight is 319 g/mol. The fourth-order valence-electron chi connectivity index (χ4n) is 2.28. The van der Waals surface area contributed by atoms with E-state index in [2.05, 4.69) is 5.32 Å². The molecule has 0 aliphatic carbocycles. The molecule has 0 saturated heterocycles. The molecule has 1 amide bonds. The van der Waals surface area contributed by atoms with Crippen LogP contribution in [0.5, 0.6) is 5.75 Å². The zero-order valence-corrected chi connectivity index (χ0v) is 14.5. The maximum atomic E-state index is 11.9. The molecule has 0 atom stereocenters. The third-order valence-electron chi connectivity index (χ3n) is 3.85. The van der Waals surface area contributed by atoms with Crippen LogP contribution in [0.15, 0.2) is 24.3 Å². The summed E-state index contributed by atoms with van der Waals surface area (Å²) in [6.45, 7) is 6.49. The van der Waals surface area contributed by atoms with Gasteiger partial charge in [-0.15, -0.1) is 0 Å². The number of ketones is 1. The molecule has 0 heterocycles. The first-order chi connectivity index (χ1) is 10.8. The highest BCUT2D eigenvalue weighted by molar-refractivity contribution is 5.96. The van der Waals surface area contributed by atoms with E-state index in [1.165, 1.54) is 6.07 Å². The lowest BCUT2D eigenvalue weighted by atomic mass is 9.88. The van der Waals surface area contributed by atoms with Gasteiger partial charge in [0, 0.05) is 18.4 Å². The Morgan fingerprint density at radius 2 is 1.61 bits per heavy atom. The monoisotopic (exact) mass is 319 g/mol. The summed E-state index contributed by atoms with van der Waals surface area (Å²) in [5.74, 6) is 0.0971. The normalized spacial score (nSPS) is 11.3. The minimum atomic E-state index is -0.237. The minimum absolute atomic E-state index is 0.00788. The molecular formula is C19H29NO3. The van der Waals surface area contributed by atoms with E-state index >= 15 is 0 Å². The van der Waals surface area contributed by atoms with Gasteiger partial charge in [-0.1, -0.05) is 52.2 Å². The van der Waals surface area contributed by atoms with Crippen LogP contribution in [0.1, 0.15) is 69.7 Å². The van der Waals surface area contributed by atoms with Crippen molar-refractivity contribution in [2.75, 3.05) is 6.54 Å². The van der Waals surface area contributed by atoms with Gasteiger partial charge in [-0.3, -0.25) is 9.59 Å². The van der Waals surface area contributed by atoms with E-state index in [4.69, 9.17) is 0 Å². The number of Topliss-reactive ketones (excluding diaryl/α,β-unsaturated/α-hetero) is 1. The summed E-state index contributed by atoms with van der Waals surface area (Å²) in [4.78, 5) is 23.6. The van der Waals surface area contributed by atoms with E-state index in [9.17, 15) is 14.7 Å². The van der Waals surface area contributed by atoms with Crippen molar-refractivity contribution >= 4 is 11.7 Å². The predicted octanol–water partition coefficient (Wildman–Crippen LogP) is 4.08. The smallest absolute Gasteiger partial charge is 0.255 e. The fraction of sp³-hybridized carbons (Fsp3) is 0.579. The third-order valence-corrected chi connectivity index (χ3v) is 3.85. The number of hydrogen-bond acceptors (Lipinski definition) is 3. The van der Waals surface area contributed by atoms with Gasteiger partial charge in [0.25, 0.3) is 5.91 Å². The van der Waals surface area contributed by atoms with Crippen molar-refractivity contribution < 1.29 is 14.7 Å². The van der Waals surface area contributed by atoms with Gasteiger partial charge in [0.2, 0.25) is 0 Å². The van der Waals surface area contributed by atoms with E-state index < -0.39 is 0 Å². The van der Waals surface area contributed by atoms with E-state index in [1.807, 2.05) is 20.8 Å². The summed E-state index contributed by atoms with van der Waals surface area (Å²) in [5.41, 5.74) is 0.0843. The van der Waals surface area contributed by atoms with Crippen molar-refractivity contribution in [3.05, 3.63) is 29.8 Å². The largest absolute Gasteiger partial charge is 0.507 e. The number of nitrogens with one attached hydrogen (secondary N) is 1. The minimum Gasteiger partial charge on any atom is -0.507 e. The number of benzene rings is 1. The molecule has 1 aromatic rings. The summed E-state index contributed by atoms with van der Waals surface area (Å²) in [7, 11) is 0. The Morgan fingerprint density at radius 3 is 2.26 bits per heavy atom. The van der Waals surface area contributed by atoms with E-state index in [-0.39, 0.29) is 17.1 Å². The van der Waals surface area contributed by atoms with Gasteiger partial charge >= 0.3 is 0 Å². The molecule has 2 N–H and O–H groups in total. The first kappa shape index (κ1) is 19.2. The Kier molecular flexibility index (Phi) is 7.79. The molecule has 0 unspecified atom stereocenters. The number of aromatic hydroxyl groups is 1. The van der Waals surface area contributed by atoms with Crippen LogP contribution in [0.25, 0.3) is 0 Å². The van der Waals surface area contributed by atoms with Crippen LogP contribution in [-0.2, 0) is 4.79 Å². The van der Waals surface area contributed by atoms with E-state index in [0.717, 1.165) is 32.1 Å². The summed E-state index contributed by atoms with van der Waals surface area (Å²) in [5, 5.41) is 12.4. The Labute approximate surface area is 139 Å². The molecule has 1 aromatic carbocycles. The standard InChI is InChI=1S/C19H29NO3/c1-19(2,3)17(22)13-7-5-4-6-10-14-20-18(23)15-11-8-9-12-16(15)21/h8-9,11-12,21H,4-7,10,13-14H2,1-3H3,(H,20,23). The Hall–Kier alpha value is -1.84. The molecule has 0 bridgehead atoms. The number of rotatable bonds is 9. The van der Waals surface area contributed by atoms with Gasteiger partial charge in [-0.05, 0) is 25.0 Å². The molecule has 0 spiro atoms. The van der Waals surface area contributed by atoms with Gasteiger partial charge in [-0.25, -0.2) is 0 Å². The quantitative estimate of drug-likeness (QED) is 0.674. The molecule has 0 aliphatic rings. The second kappa shape index (κ2) is 9.33. The highest BCUT2D eigenvalue weighted by Gasteiger charge is 2.19. The van der Waals surface area contributed by atoms with Gasteiger partial charge in [-0.2, -0.15) is 0 Å². The third kappa shape index (κ3) is 7.31. The van der Waals surface area contributed by atoms with Crippen LogP contribution in [0.3, 0.4) is 0 Å². The number of hydrogen-bond donors (Lipinski definition) is 2. The molecule has 0 saturated carbocycles. The molecule has 4 nitrogen and oxygen atoms in total. The molecule has 0 radical (unpaired) electrons. The van der Waals surface area contributed by atoms with E-state index in [0.29, 0.717) is 24.3 Å². The number of carbonyl (C=O) groups excluding carboxylic acids is 2. The Bertz CT molecular complexity index is 518. The summed E-state index contributed by atoms with van der Waals surface area (Å²) < 4.78 is 0. The van der Waals surface area contributed by atoms with E-state index in [1.54, 1.807) is 18.2 Å². The van der Waals surface area contributed by atoms with Crippen LogP contribution in [0, 0.1) is 5.41 Å². The van der Waals surface area contributed by atoms with Gasteiger partial charge < -0.3 is 10.4 Å². The average Bonchev–Trinajstić information content (AvgIpc) is 2.48. The number of phenolic OH excluding ortho intramolecular Hbond substituents is 1. The Morgan fingerprint density at radius 1 is 1.00 bits per heavy atom. The zero-order chi connectivity index (χ0) is 17.3. The van der Waals surface area contributed by atoms with Crippen molar-refractivity contribution in [2.45, 2.75) is 59.3 Å². The SMILES string of the molecule is CC(C)(C)C(=O)CCCCCCCNC(=O)c1ccccc1O. The number of unbranched alkanes of at least 4 members (excludes halogenated alkanes) is 4. The van der Waals surface area contributed by atoms with Crippen molar-refractivity contribution in [1.29, 1.82) is 0 Å². The molecule has 23 heavy (non-hydrogen) atoms. The number of para-hydroxylation sites is 1. The number of phenols is 1. The lowest BCUT2D eigenvalue weighted by Gasteiger charge is -2.16. The number of carbonyl (C=O) groups is 2. The molecule has 0 aromatic heterocycles. The topological polar surface area (TPSA) is 66.4 Å². The molecule has 0 aliphatic heterocycles. The van der Waals surface area contributed by atoms with Gasteiger partial charge in [0.1, 0.15) is 11.5 Å². The van der Waals surface area contributed by atoms with Crippen LogP contribution in [0.4, 0.5) is 0 Å². The first-order valence-electron chi connectivity index (χ1n) is 8.42. The van der Waals surface area contributed by atoms with Gasteiger partial charge in [0.05, 0.1) is 5.56 Å². The van der Waals surface area contributed by atoms with Crippen LogP contribution >= 0.6 is 0 Å². The second-order valence-electron chi connectivity index (χ2n) is 6.96. The highest BCUT2D eigenvalue weighted by atomic mass is 16.3. The van der Waals surface area contributed by atoms with Crippen LogP contribution in [0.2, 0.25) is 0 Å². The molecule has 1 rings (SSSR count). The molecule has 4 heteroatoms. The van der Waals surface area contributed by atoms with Crippen LogP contribution < -0.4 is 5.32 Å². The highest BCUT2D eigenvalue weighted by Crippen LogP contribution is 2.19. The summed E-state index contributed by atoms with van der Waals surface area (Å²) in [6, 6.07) is 6.54. The molecular weight excluding hydrogens is 290 g/mol. The molecule has 0 fully saturated rings. The number of amides is 1. The maximum Gasteiger partial charge on any atom is 0.255 e. The van der Waals surface area contributed by atoms with Crippen LogP contribution in [-0.4, -0.2) is 23.3 Å². The van der Waals surface area contributed by atoms with Crippen molar-refractivity contribution in [3.63, 3.8) is 0 Å². The van der Waals surface area contributed by atoms with Crippen molar-refractivity contribution in [2.24, 2.45) is 5.41 Å². The summed E-state index contributed by atoms with van der Waals surface area (Å²) >= 11 is 0. The predicted molar refractivity (Wildman–Crippen MR) is 92.6 cm³/mol. The lowest BCUT2D eigenvalue weighted by Crippen LogP contribution is -2.24. The Balaban J connectivity index is 2.07. The second-order valence-corrected chi connectivity index (χ2v) is 6.96. The first-order valence-corrected chi connectivity index (χ1v) is 8.42. The molecule has 128 valence electrons. The zero-order valence-electron chi connectivity index (χ0n) is 14.5. The lowest BCUT2D eigenvalue weighted by molar-refractivity contribution is -0.126. The maximum absolute atomic E-state index is 11.9. The summed E-state index contributed by atoms with van der Waals surface area (Å²) in [6.07, 6.45) is 5.67. The van der Waals surface area contributed by atoms with Crippen molar-refractivity contribution in [3.8, 4) is 5.75 Å². The van der Waals surface area contributed by atoms with Gasteiger partial charge in [0.15, 0.2) is 0 Å². The fourth-order valence-corrected chi connectivity index (χ4v) is 2.28. The van der Waals surface area contributed by atoms with Crippen molar-refractivity contribution in [1.82, 2.24) is 5.32 Å².